The van der Waals surface area contributed by atoms with Crippen molar-refractivity contribution >= 4 is 11.4 Å². The Morgan fingerprint density at radius 1 is 0.304 bits per heavy atom. The van der Waals surface area contributed by atoms with E-state index in [-0.39, 0.29) is 0 Å². The van der Waals surface area contributed by atoms with Crippen LogP contribution in [0.3, 0.4) is 0 Å². The fourth-order valence-electron chi connectivity index (χ4n) is 12.4. The van der Waals surface area contributed by atoms with Crippen LogP contribution in [0, 0.1) is 20.8 Å². The standard InChI is InChI=1S/C40H60N2.2C18H37.Pd/c1-9-14-16-18-23-37-38(24-19-17-15-10-2)40(42(41)39(37)34-25-29(6)31(8)30(7)26-34)35-27-32(20-11-3)36(22-13-5)33(28-35)21-12-4;2*1-3-5-7-9-11-13-15-17-18-16-14-12-10-8-6-4-2;/h25-28H,9-24H2,1-8H3;2*1,3-18H2,2H3;. The molecule has 3 rings (SSSR count). The third kappa shape index (κ3) is 32.7. The zero-order valence-corrected chi connectivity index (χ0v) is 56.4. The Bertz CT molecular complexity index is 1780. The van der Waals surface area contributed by atoms with Gasteiger partial charge in [0.2, 0.25) is 11.4 Å². The van der Waals surface area contributed by atoms with Gasteiger partial charge in [-0.1, -0.05) is 170 Å². The smallest absolute Gasteiger partial charge is 0.0654 e. The molecule has 3 heteroatoms. The van der Waals surface area contributed by atoms with Gasteiger partial charge >= 0.3 is 169 Å². The summed E-state index contributed by atoms with van der Waals surface area (Å²) in [5.74, 6) is 0. The molecule has 0 bridgehead atoms. The molecular formula is C76H134N2Pd. The molecule has 0 atom stereocenters. The first-order valence-electron chi connectivity index (χ1n) is 35.4. The second kappa shape index (κ2) is 50.7. The van der Waals surface area contributed by atoms with Crippen LogP contribution in [-0.2, 0) is 37.2 Å². The Morgan fingerprint density at radius 3 is 0.861 bits per heavy atom. The maximum atomic E-state index is 12.3. The van der Waals surface area contributed by atoms with Crippen molar-refractivity contribution in [3.8, 4) is 0 Å². The summed E-state index contributed by atoms with van der Waals surface area (Å²) in [6, 6.07) is 9.50. The molecule has 1 aliphatic rings. The SMILES string of the molecule is CCCCCCC1=C(c2cc(C)c(C)c(C)c2)[N+](=[N-])C(c2cc(CCC)c(CCC)c(CCC)c2)=C1CCCCCC.CCCCCCCCCCCCCCCCC[CH2][Pd][CH2]CCCCCCCCCCCCCCCCC. The average Bonchev–Trinajstić information content (AvgIpc) is 4.01. The van der Waals surface area contributed by atoms with Crippen molar-refractivity contribution in [2.75, 3.05) is 0 Å². The molecule has 0 spiro atoms. The second-order valence-electron chi connectivity index (χ2n) is 24.9. The van der Waals surface area contributed by atoms with Crippen LogP contribution in [-0.4, -0.2) is 4.70 Å². The van der Waals surface area contributed by atoms with E-state index in [9.17, 15) is 5.53 Å². The van der Waals surface area contributed by atoms with Gasteiger partial charge in [-0.3, -0.25) is 0 Å². The van der Waals surface area contributed by atoms with E-state index in [0.717, 1.165) is 79.9 Å². The Balaban J connectivity index is 0.000000546. The summed E-state index contributed by atoms with van der Waals surface area (Å²) in [4.78, 5) is 3.09. The summed E-state index contributed by atoms with van der Waals surface area (Å²) in [7, 11) is 0. The minimum atomic E-state index is 1.03. The van der Waals surface area contributed by atoms with Gasteiger partial charge < -0.3 is 5.53 Å². The van der Waals surface area contributed by atoms with E-state index in [1.807, 2.05) is 0 Å². The summed E-state index contributed by atoms with van der Waals surface area (Å²) in [6.45, 7) is 22.7. The second-order valence-corrected chi connectivity index (χ2v) is 27.3. The normalized spacial score (nSPS) is 12.7. The van der Waals surface area contributed by atoms with E-state index in [1.165, 1.54) is 308 Å². The number of allylic oxidation sites excluding steroid dienone is 2. The summed E-state index contributed by atoms with van der Waals surface area (Å²) in [5.41, 5.74) is 28.0. The van der Waals surface area contributed by atoms with Crippen molar-refractivity contribution in [1.29, 1.82) is 0 Å². The molecule has 0 amide bonds. The van der Waals surface area contributed by atoms with E-state index >= 15 is 0 Å². The van der Waals surface area contributed by atoms with Gasteiger partial charge in [-0.2, -0.15) is 0 Å². The molecule has 0 aromatic heterocycles. The van der Waals surface area contributed by atoms with E-state index in [4.69, 9.17) is 0 Å². The molecule has 0 fully saturated rings. The maximum absolute atomic E-state index is 12.3. The summed E-state index contributed by atoms with van der Waals surface area (Å²) in [5, 5.41) is 0. The monoisotopic (exact) mass is 1180 g/mol. The molecule has 0 unspecified atom stereocenters. The van der Waals surface area contributed by atoms with Gasteiger partial charge in [-0.05, 0) is 123 Å². The van der Waals surface area contributed by atoms with Crippen molar-refractivity contribution in [1.82, 2.24) is 0 Å². The van der Waals surface area contributed by atoms with Gasteiger partial charge in [0.15, 0.2) is 0 Å². The molecule has 1 aliphatic heterocycles. The quantitative estimate of drug-likeness (QED) is 0.0358. The minimum absolute atomic E-state index is 1.03. The molecular weight excluding hydrogens is 1050 g/mol. The number of aryl methyl sites for hydroxylation is 4. The Kier molecular flexibility index (Phi) is 47.0. The zero-order chi connectivity index (χ0) is 57.4. The molecule has 2 aromatic rings. The van der Waals surface area contributed by atoms with Crippen molar-refractivity contribution in [3.05, 3.63) is 85.5 Å². The summed E-state index contributed by atoms with van der Waals surface area (Å²) in [6.07, 6.45) is 66.3. The predicted molar refractivity (Wildman–Crippen MR) is 353 cm³/mol. The van der Waals surface area contributed by atoms with Gasteiger partial charge in [0.1, 0.15) is 0 Å². The van der Waals surface area contributed by atoms with Crippen LogP contribution in [0.4, 0.5) is 0 Å². The molecule has 0 N–H and O–H groups in total. The van der Waals surface area contributed by atoms with Gasteiger partial charge in [0.05, 0.1) is 0 Å². The molecule has 2 nitrogen and oxygen atoms in total. The third-order valence-corrected chi connectivity index (χ3v) is 19.7. The van der Waals surface area contributed by atoms with E-state index in [1.54, 1.807) is 20.0 Å². The molecule has 0 radical (unpaired) electrons. The van der Waals surface area contributed by atoms with E-state index < -0.39 is 0 Å². The number of nitrogens with zero attached hydrogens (tertiary/aromatic N) is 2. The number of rotatable bonds is 52. The van der Waals surface area contributed by atoms with Crippen molar-refractivity contribution in [2.24, 2.45) is 0 Å². The fraction of sp³-hybridized carbons (Fsp3) is 0.789. The molecule has 1 heterocycles. The van der Waals surface area contributed by atoms with Gasteiger partial charge in [0.25, 0.3) is 0 Å². The average molecular weight is 1180 g/mol. The van der Waals surface area contributed by atoms with Crippen LogP contribution in [0.2, 0.25) is 9.79 Å². The minimum Gasteiger partial charge on any atom is -0.0654 e. The van der Waals surface area contributed by atoms with E-state index in [2.05, 4.69) is 93.5 Å². The first kappa shape index (κ1) is 73.3. The van der Waals surface area contributed by atoms with Crippen LogP contribution < -0.4 is 0 Å². The van der Waals surface area contributed by atoms with Crippen LogP contribution in [0.15, 0.2) is 35.4 Å². The fourth-order valence-corrected chi connectivity index (χ4v) is 14.3. The van der Waals surface area contributed by atoms with Crippen LogP contribution in [0.5, 0.6) is 0 Å². The number of hydrogen-bond acceptors (Lipinski definition) is 0. The van der Waals surface area contributed by atoms with Crippen molar-refractivity contribution < 1.29 is 22.7 Å². The third-order valence-electron chi connectivity index (χ3n) is 17.5. The van der Waals surface area contributed by atoms with Crippen LogP contribution in [0.1, 0.15) is 382 Å². The van der Waals surface area contributed by atoms with Crippen LogP contribution >= 0.6 is 0 Å². The zero-order valence-electron chi connectivity index (χ0n) is 54.9. The van der Waals surface area contributed by atoms with Crippen molar-refractivity contribution in [3.63, 3.8) is 0 Å². The summed E-state index contributed by atoms with van der Waals surface area (Å²) >= 11 is 1.06. The Labute approximate surface area is 503 Å². The first-order chi connectivity index (χ1) is 38.7. The van der Waals surface area contributed by atoms with E-state index in [0.29, 0.717) is 0 Å². The molecule has 458 valence electrons. The Hall–Kier alpha value is -1.82. The first-order valence-corrected chi connectivity index (χ1v) is 37.6. The van der Waals surface area contributed by atoms with Gasteiger partial charge in [-0.15, -0.1) is 0 Å². The van der Waals surface area contributed by atoms with Crippen LogP contribution in [0.25, 0.3) is 16.9 Å². The number of unbranched alkanes of at least 4 members (excludes halogenated alkanes) is 36. The Morgan fingerprint density at radius 2 is 0.570 bits per heavy atom. The summed E-state index contributed by atoms with van der Waals surface area (Å²) < 4.78 is 1.62. The molecule has 2 aromatic carbocycles. The molecule has 0 aliphatic carbocycles. The topological polar surface area (TPSA) is 25.3 Å². The molecule has 0 saturated carbocycles. The molecule has 0 saturated heterocycles. The number of hydrogen-bond donors (Lipinski definition) is 0. The number of benzene rings is 2. The van der Waals surface area contributed by atoms with Crippen molar-refractivity contribution in [2.45, 2.75) is 387 Å². The predicted octanol–water partition coefficient (Wildman–Crippen LogP) is 27.0. The van der Waals surface area contributed by atoms with Gasteiger partial charge in [0, 0.05) is 22.3 Å². The van der Waals surface area contributed by atoms with Gasteiger partial charge in [-0.25, -0.2) is 4.70 Å². The molecule has 79 heavy (non-hydrogen) atoms.